The van der Waals surface area contributed by atoms with Gasteiger partial charge in [0, 0.05) is 13.0 Å². The Morgan fingerprint density at radius 2 is 2.10 bits per heavy atom. The van der Waals surface area contributed by atoms with Crippen molar-refractivity contribution in [3.8, 4) is 0 Å². The largest absolute Gasteiger partial charge is 0.379 e. The molecule has 5 heteroatoms. The van der Waals surface area contributed by atoms with Crippen molar-refractivity contribution in [2.45, 2.75) is 25.4 Å². The van der Waals surface area contributed by atoms with E-state index in [1.165, 1.54) is 0 Å². The number of carbonyl (C=O) groups excluding carboxylic acids is 1. The molecule has 0 saturated carbocycles. The van der Waals surface area contributed by atoms with Gasteiger partial charge >= 0.3 is 0 Å². The fourth-order valence-corrected chi connectivity index (χ4v) is 2.23. The van der Waals surface area contributed by atoms with Gasteiger partial charge in [0.1, 0.15) is 0 Å². The van der Waals surface area contributed by atoms with Crippen LogP contribution in [0, 0.1) is 0 Å². The zero-order chi connectivity index (χ0) is 15.3. The van der Waals surface area contributed by atoms with Crippen LogP contribution < -0.4 is 5.32 Å². The first-order valence-corrected chi connectivity index (χ1v) is 7.25. The topological polar surface area (TPSA) is 53.9 Å². The number of benzene rings is 1. The van der Waals surface area contributed by atoms with Crippen molar-refractivity contribution in [3.05, 3.63) is 35.9 Å². The van der Waals surface area contributed by atoms with E-state index in [0.29, 0.717) is 13.0 Å². The maximum Gasteiger partial charge on any atom is 0.267 e. The van der Waals surface area contributed by atoms with Gasteiger partial charge in [-0.15, -0.1) is 0 Å². The third-order valence-corrected chi connectivity index (χ3v) is 3.52. The molecule has 0 aromatic heterocycles. The van der Waals surface area contributed by atoms with E-state index in [2.05, 4.69) is 15.4 Å². The highest BCUT2D eigenvalue weighted by atomic mass is 16.7. The van der Waals surface area contributed by atoms with Gasteiger partial charge in [-0.25, -0.2) is 0 Å². The van der Waals surface area contributed by atoms with Gasteiger partial charge in [-0.3, -0.25) is 4.79 Å². The van der Waals surface area contributed by atoms with Gasteiger partial charge in [-0.2, -0.15) is 0 Å². The lowest BCUT2D eigenvalue weighted by Gasteiger charge is -2.20. The first-order chi connectivity index (χ1) is 10.0. The highest BCUT2D eigenvalue weighted by Crippen LogP contribution is 2.26. The highest BCUT2D eigenvalue weighted by molar-refractivity contribution is 6.05. The Balaban J connectivity index is 1.86. The van der Waals surface area contributed by atoms with Crippen LogP contribution in [0.5, 0.6) is 0 Å². The third kappa shape index (κ3) is 4.04. The molecule has 0 unspecified atom stereocenters. The molecule has 1 amide bonds. The second kappa shape index (κ2) is 6.72. The van der Waals surface area contributed by atoms with Gasteiger partial charge in [0.15, 0.2) is 0 Å². The van der Waals surface area contributed by atoms with Crippen molar-refractivity contribution in [2.24, 2.45) is 5.16 Å². The SMILES string of the molecule is CN(C)CCCNC(=O)[C@@]1(C)CC(c2ccccc2)=NO1. The van der Waals surface area contributed by atoms with Crippen LogP contribution in [-0.4, -0.2) is 49.3 Å². The van der Waals surface area contributed by atoms with Gasteiger partial charge in [-0.1, -0.05) is 35.5 Å². The third-order valence-electron chi connectivity index (χ3n) is 3.52. The first-order valence-electron chi connectivity index (χ1n) is 7.25. The quantitative estimate of drug-likeness (QED) is 0.810. The summed E-state index contributed by atoms with van der Waals surface area (Å²) in [5.41, 5.74) is 0.923. The molecule has 5 nitrogen and oxygen atoms in total. The molecule has 1 heterocycles. The van der Waals surface area contributed by atoms with E-state index in [1.54, 1.807) is 6.92 Å². The number of carbonyl (C=O) groups is 1. The molecule has 1 aromatic carbocycles. The highest BCUT2D eigenvalue weighted by Gasteiger charge is 2.41. The Kier molecular flexibility index (Phi) is 4.96. The van der Waals surface area contributed by atoms with Crippen molar-refractivity contribution in [1.29, 1.82) is 0 Å². The summed E-state index contributed by atoms with van der Waals surface area (Å²) in [5, 5.41) is 7.01. The molecular formula is C16H23N3O2. The van der Waals surface area contributed by atoms with E-state index < -0.39 is 5.60 Å². The van der Waals surface area contributed by atoms with Crippen LogP contribution in [0.4, 0.5) is 0 Å². The Morgan fingerprint density at radius 1 is 1.38 bits per heavy atom. The Labute approximate surface area is 126 Å². The fourth-order valence-electron chi connectivity index (χ4n) is 2.23. The van der Waals surface area contributed by atoms with E-state index in [9.17, 15) is 4.79 Å². The zero-order valence-electron chi connectivity index (χ0n) is 12.9. The number of oxime groups is 1. The molecule has 0 saturated heterocycles. The summed E-state index contributed by atoms with van der Waals surface area (Å²) in [6, 6.07) is 9.81. The van der Waals surface area contributed by atoms with E-state index in [0.717, 1.165) is 24.2 Å². The maximum atomic E-state index is 12.3. The van der Waals surface area contributed by atoms with Gasteiger partial charge in [0.05, 0.1) is 5.71 Å². The van der Waals surface area contributed by atoms with E-state index in [-0.39, 0.29) is 5.91 Å². The van der Waals surface area contributed by atoms with Crippen LogP contribution in [0.2, 0.25) is 0 Å². The summed E-state index contributed by atoms with van der Waals surface area (Å²) in [4.78, 5) is 19.8. The summed E-state index contributed by atoms with van der Waals surface area (Å²) in [7, 11) is 4.03. The molecule has 1 N–H and O–H groups in total. The molecule has 0 radical (unpaired) electrons. The van der Waals surface area contributed by atoms with Crippen LogP contribution in [0.15, 0.2) is 35.5 Å². The van der Waals surface area contributed by atoms with E-state index >= 15 is 0 Å². The number of nitrogens with one attached hydrogen (secondary N) is 1. The molecule has 114 valence electrons. The van der Waals surface area contributed by atoms with Gasteiger partial charge in [0.2, 0.25) is 5.60 Å². The molecular weight excluding hydrogens is 266 g/mol. The standard InChI is InChI=1S/C16H23N3O2/c1-16(15(20)17-10-7-11-19(2)3)12-14(18-21-16)13-8-5-4-6-9-13/h4-6,8-9H,7,10-12H2,1-3H3,(H,17,20)/t16-/m1/s1. The van der Waals surface area contributed by atoms with Gasteiger partial charge < -0.3 is 15.1 Å². The minimum Gasteiger partial charge on any atom is -0.379 e. The number of amides is 1. The average molecular weight is 289 g/mol. The zero-order valence-corrected chi connectivity index (χ0v) is 12.9. The Bertz CT molecular complexity index is 514. The molecule has 21 heavy (non-hydrogen) atoms. The van der Waals surface area contributed by atoms with Crippen molar-refractivity contribution < 1.29 is 9.63 Å². The molecule has 0 bridgehead atoms. The lowest BCUT2D eigenvalue weighted by atomic mass is 9.95. The molecule has 1 atom stereocenters. The van der Waals surface area contributed by atoms with E-state index in [1.807, 2.05) is 44.4 Å². The minimum atomic E-state index is -0.900. The molecule has 2 rings (SSSR count). The van der Waals surface area contributed by atoms with Crippen LogP contribution >= 0.6 is 0 Å². The average Bonchev–Trinajstić information content (AvgIpc) is 2.88. The summed E-state index contributed by atoms with van der Waals surface area (Å²) < 4.78 is 0. The van der Waals surface area contributed by atoms with Crippen LogP contribution in [0.1, 0.15) is 25.3 Å². The summed E-state index contributed by atoms with van der Waals surface area (Å²) in [6.45, 7) is 3.38. The molecule has 1 aliphatic rings. The second-order valence-electron chi connectivity index (χ2n) is 5.82. The summed E-state index contributed by atoms with van der Waals surface area (Å²) in [6.07, 6.45) is 1.41. The van der Waals surface area contributed by atoms with Crippen molar-refractivity contribution in [2.75, 3.05) is 27.2 Å². The van der Waals surface area contributed by atoms with Crippen LogP contribution in [0.3, 0.4) is 0 Å². The second-order valence-corrected chi connectivity index (χ2v) is 5.82. The summed E-state index contributed by atoms with van der Waals surface area (Å²) in [5.74, 6) is -0.101. The first kappa shape index (κ1) is 15.5. The molecule has 0 spiro atoms. The number of hydrogen-bond donors (Lipinski definition) is 1. The Hall–Kier alpha value is -1.88. The predicted octanol–water partition coefficient (Wildman–Crippen LogP) is 1.64. The van der Waals surface area contributed by atoms with Crippen molar-refractivity contribution >= 4 is 11.6 Å². The number of nitrogens with zero attached hydrogens (tertiary/aromatic N) is 2. The lowest BCUT2D eigenvalue weighted by Crippen LogP contribution is -2.45. The molecule has 1 aromatic rings. The van der Waals surface area contributed by atoms with Crippen molar-refractivity contribution in [1.82, 2.24) is 10.2 Å². The minimum absolute atomic E-state index is 0.101. The number of rotatable bonds is 6. The monoisotopic (exact) mass is 289 g/mol. The Morgan fingerprint density at radius 3 is 2.76 bits per heavy atom. The number of hydrogen-bond acceptors (Lipinski definition) is 4. The molecule has 0 fully saturated rings. The maximum absolute atomic E-state index is 12.3. The van der Waals surface area contributed by atoms with Crippen molar-refractivity contribution in [3.63, 3.8) is 0 Å². The molecule has 1 aliphatic heterocycles. The van der Waals surface area contributed by atoms with Gasteiger partial charge in [0.25, 0.3) is 5.91 Å². The molecule has 0 aliphatic carbocycles. The predicted molar refractivity (Wildman–Crippen MR) is 83.3 cm³/mol. The summed E-state index contributed by atoms with van der Waals surface area (Å²) >= 11 is 0. The van der Waals surface area contributed by atoms with Gasteiger partial charge in [-0.05, 0) is 39.5 Å². The lowest BCUT2D eigenvalue weighted by molar-refractivity contribution is -0.141. The fraction of sp³-hybridized carbons (Fsp3) is 0.500. The van der Waals surface area contributed by atoms with E-state index in [4.69, 9.17) is 4.84 Å². The normalized spacial score (nSPS) is 21.0. The van der Waals surface area contributed by atoms with Crippen LogP contribution in [-0.2, 0) is 9.63 Å². The van der Waals surface area contributed by atoms with Crippen LogP contribution in [0.25, 0.3) is 0 Å². The smallest absolute Gasteiger partial charge is 0.267 e.